The summed E-state index contributed by atoms with van der Waals surface area (Å²) in [5, 5.41) is 7.64. The highest BCUT2D eigenvalue weighted by molar-refractivity contribution is 6.35. The number of hydrazone groups is 1. The molecule has 0 aromatic heterocycles. The molecule has 5 nitrogen and oxygen atoms in total. The zero-order valence-electron chi connectivity index (χ0n) is 14.5. The number of hydrogen-bond donors (Lipinski definition) is 0. The highest BCUT2D eigenvalue weighted by Crippen LogP contribution is 2.29. The fourth-order valence-electron chi connectivity index (χ4n) is 2.50. The molecule has 0 atom stereocenters. The van der Waals surface area contributed by atoms with E-state index in [0.29, 0.717) is 41.4 Å². The molecule has 2 aromatic carbocycles. The van der Waals surface area contributed by atoms with Crippen molar-refractivity contribution in [1.82, 2.24) is 5.01 Å². The second kappa shape index (κ2) is 9.12. The Labute approximate surface area is 163 Å². The third kappa shape index (κ3) is 5.04. The van der Waals surface area contributed by atoms with Crippen molar-refractivity contribution in [2.75, 3.05) is 33.4 Å². The number of halogens is 2. The Morgan fingerprint density at radius 1 is 1.12 bits per heavy atom. The minimum absolute atomic E-state index is 0.327. The maximum Gasteiger partial charge on any atom is 0.161 e. The lowest BCUT2D eigenvalue weighted by molar-refractivity contribution is 0.0397. The smallest absolute Gasteiger partial charge is 0.161 e. The fourth-order valence-corrected chi connectivity index (χ4v) is 2.96. The Balaban J connectivity index is 1.67. The van der Waals surface area contributed by atoms with Gasteiger partial charge in [0.25, 0.3) is 0 Å². The predicted molar refractivity (Wildman–Crippen MR) is 104 cm³/mol. The minimum atomic E-state index is 0.327. The average Bonchev–Trinajstić information content (AvgIpc) is 2.67. The third-order valence-corrected chi connectivity index (χ3v) is 4.53. The van der Waals surface area contributed by atoms with Gasteiger partial charge in [-0.3, -0.25) is 5.01 Å². The van der Waals surface area contributed by atoms with Gasteiger partial charge in [0, 0.05) is 15.6 Å². The maximum atomic E-state index is 6.18. The molecule has 1 fully saturated rings. The van der Waals surface area contributed by atoms with Crippen LogP contribution in [0, 0.1) is 0 Å². The van der Waals surface area contributed by atoms with Crippen LogP contribution in [0.25, 0.3) is 0 Å². The fraction of sp³-hybridized carbons (Fsp3) is 0.316. The molecule has 0 saturated carbocycles. The zero-order valence-corrected chi connectivity index (χ0v) is 16.0. The van der Waals surface area contributed by atoms with E-state index in [-0.39, 0.29) is 0 Å². The normalized spacial score (nSPS) is 14.7. The van der Waals surface area contributed by atoms with Crippen LogP contribution in [-0.4, -0.2) is 44.6 Å². The van der Waals surface area contributed by atoms with Crippen LogP contribution in [0.1, 0.15) is 11.1 Å². The third-order valence-electron chi connectivity index (χ3n) is 3.94. The monoisotopic (exact) mass is 394 g/mol. The first kappa shape index (κ1) is 18.8. The first-order valence-electron chi connectivity index (χ1n) is 8.27. The molecule has 1 heterocycles. The quantitative estimate of drug-likeness (QED) is 0.686. The Morgan fingerprint density at radius 2 is 1.92 bits per heavy atom. The van der Waals surface area contributed by atoms with Crippen molar-refractivity contribution in [2.45, 2.75) is 6.61 Å². The molecule has 3 rings (SSSR count). The topological polar surface area (TPSA) is 43.3 Å². The predicted octanol–water partition coefficient (Wildman–Crippen LogP) is 4.25. The van der Waals surface area contributed by atoms with E-state index in [1.165, 1.54) is 0 Å². The van der Waals surface area contributed by atoms with E-state index < -0.39 is 0 Å². The molecule has 1 aliphatic heterocycles. The summed E-state index contributed by atoms with van der Waals surface area (Å²) in [4.78, 5) is 0. The molecular formula is C19H20Cl2N2O3. The van der Waals surface area contributed by atoms with Crippen LogP contribution >= 0.6 is 23.2 Å². The molecule has 0 radical (unpaired) electrons. The van der Waals surface area contributed by atoms with Gasteiger partial charge in [-0.15, -0.1) is 0 Å². The van der Waals surface area contributed by atoms with Gasteiger partial charge < -0.3 is 14.2 Å². The van der Waals surface area contributed by atoms with Crippen LogP contribution in [0.3, 0.4) is 0 Å². The summed E-state index contributed by atoms with van der Waals surface area (Å²) in [5.74, 6) is 1.28. The van der Waals surface area contributed by atoms with Gasteiger partial charge in [-0.05, 0) is 35.9 Å². The molecule has 0 unspecified atom stereocenters. The second-order valence-corrected chi connectivity index (χ2v) is 6.59. The molecule has 7 heteroatoms. The summed E-state index contributed by atoms with van der Waals surface area (Å²) in [6.07, 6.45) is 1.81. The molecule has 1 aliphatic rings. The number of benzene rings is 2. The van der Waals surface area contributed by atoms with Gasteiger partial charge in [0.1, 0.15) is 6.61 Å². The van der Waals surface area contributed by atoms with E-state index in [1.54, 1.807) is 19.2 Å². The summed E-state index contributed by atoms with van der Waals surface area (Å²) in [7, 11) is 1.61. The van der Waals surface area contributed by atoms with Crippen molar-refractivity contribution in [1.29, 1.82) is 0 Å². The van der Waals surface area contributed by atoms with Crippen molar-refractivity contribution in [3.8, 4) is 11.5 Å². The summed E-state index contributed by atoms with van der Waals surface area (Å²) >= 11 is 12.1. The molecule has 0 aliphatic carbocycles. The van der Waals surface area contributed by atoms with Gasteiger partial charge in [0.15, 0.2) is 11.5 Å². The van der Waals surface area contributed by atoms with Crippen LogP contribution in [0.15, 0.2) is 41.5 Å². The van der Waals surface area contributed by atoms with Crippen molar-refractivity contribution in [3.63, 3.8) is 0 Å². The Hall–Kier alpha value is -1.95. The largest absolute Gasteiger partial charge is 0.493 e. The highest BCUT2D eigenvalue weighted by atomic mass is 35.5. The minimum Gasteiger partial charge on any atom is -0.493 e. The van der Waals surface area contributed by atoms with E-state index in [4.69, 9.17) is 37.4 Å². The van der Waals surface area contributed by atoms with Crippen molar-refractivity contribution < 1.29 is 14.2 Å². The van der Waals surface area contributed by atoms with Crippen LogP contribution in [-0.2, 0) is 11.3 Å². The van der Waals surface area contributed by atoms with Gasteiger partial charge in [-0.25, -0.2) is 0 Å². The number of morpholine rings is 1. The number of rotatable bonds is 6. The Bertz CT molecular complexity index is 777. The summed E-state index contributed by atoms with van der Waals surface area (Å²) in [5.41, 5.74) is 1.79. The van der Waals surface area contributed by atoms with E-state index in [0.717, 1.165) is 24.2 Å². The number of nitrogens with zero attached hydrogens (tertiary/aromatic N) is 2. The van der Waals surface area contributed by atoms with Gasteiger partial charge in [-0.1, -0.05) is 29.3 Å². The molecule has 138 valence electrons. The molecule has 0 amide bonds. The van der Waals surface area contributed by atoms with Crippen LogP contribution < -0.4 is 9.47 Å². The van der Waals surface area contributed by atoms with E-state index >= 15 is 0 Å². The number of hydrogen-bond acceptors (Lipinski definition) is 5. The summed E-state index contributed by atoms with van der Waals surface area (Å²) in [6, 6.07) is 11.0. The Kier molecular flexibility index (Phi) is 6.61. The highest BCUT2D eigenvalue weighted by Gasteiger charge is 2.09. The second-order valence-electron chi connectivity index (χ2n) is 5.75. The summed E-state index contributed by atoms with van der Waals surface area (Å²) < 4.78 is 16.6. The lowest BCUT2D eigenvalue weighted by Gasteiger charge is -2.23. The maximum absolute atomic E-state index is 6.18. The van der Waals surface area contributed by atoms with Gasteiger partial charge >= 0.3 is 0 Å². The van der Waals surface area contributed by atoms with E-state index in [9.17, 15) is 0 Å². The van der Waals surface area contributed by atoms with E-state index in [1.807, 2.05) is 35.5 Å². The standard InChI is InChI=1S/C19H20Cl2N2O3/c1-24-19-10-14(12-22-23-6-8-25-9-7-23)2-5-18(19)26-13-15-3-4-16(20)11-17(15)21/h2-5,10-12H,6-9,13H2,1H3. The molecule has 1 saturated heterocycles. The van der Waals surface area contributed by atoms with Crippen molar-refractivity contribution in [3.05, 3.63) is 57.6 Å². The van der Waals surface area contributed by atoms with Crippen molar-refractivity contribution in [2.24, 2.45) is 5.10 Å². The molecular weight excluding hydrogens is 375 g/mol. The summed E-state index contributed by atoms with van der Waals surface area (Å²) in [6.45, 7) is 3.35. The lowest BCUT2D eigenvalue weighted by atomic mass is 10.2. The van der Waals surface area contributed by atoms with E-state index in [2.05, 4.69) is 5.10 Å². The van der Waals surface area contributed by atoms with Crippen LogP contribution in [0.4, 0.5) is 0 Å². The number of ether oxygens (including phenoxy) is 3. The molecule has 26 heavy (non-hydrogen) atoms. The first-order chi connectivity index (χ1) is 12.7. The molecule has 2 aromatic rings. The van der Waals surface area contributed by atoms with Crippen LogP contribution in [0.2, 0.25) is 10.0 Å². The Morgan fingerprint density at radius 3 is 2.65 bits per heavy atom. The molecule has 0 spiro atoms. The average molecular weight is 395 g/mol. The molecule has 0 N–H and O–H groups in total. The molecule has 0 bridgehead atoms. The lowest BCUT2D eigenvalue weighted by Crippen LogP contribution is -2.32. The first-order valence-corrected chi connectivity index (χ1v) is 9.03. The number of methoxy groups -OCH3 is 1. The zero-order chi connectivity index (χ0) is 18.4. The van der Waals surface area contributed by atoms with Gasteiger partial charge in [-0.2, -0.15) is 5.10 Å². The van der Waals surface area contributed by atoms with Gasteiger partial charge in [0.05, 0.1) is 39.6 Å². The van der Waals surface area contributed by atoms with Crippen LogP contribution in [0.5, 0.6) is 11.5 Å². The SMILES string of the molecule is COc1cc(C=NN2CCOCC2)ccc1OCc1ccc(Cl)cc1Cl. The van der Waals surface area contributed by atoms with Crippen molar-refractivity contribution >= 4 is 29.4 Å². The van der Waals surface area contributed by atoms with Gasteiger partial charge in [0.2, 0.25) is 0 Å².